The van der Waals surface area contributed by atoms with Crippen LogP contribution < -0.4 is 0 Å². The maximum absolute atomic E-state index is 13.2. The van der Waals surface area contributed by atoms with Crippen molar-refractivity contribution in [3.8, 4) is 0 Å². The first kappa shape index (κ1) is 23.4. The van der Waals surface area contributed by atoms with E-state index in [-0.39, 0.29) is 11.9 Å². The summed E-state index contributed by atoms with van der Waals surface area (Å²) in [4.78, 5) is 40.6. The number of hydrogen-bond acceptors (Lipinski definition) is 6. The molecule has 2 unspecified atom stereocenters. The normalized spacial score (nSPS) is 23.1. The smallest absolute Gasteiger partial charge is 0.328 e. The van der Waals surface area contributed by atoms with Gasteiger partial charge in [-0.3, -0.25) is 14.6 Å². The van der Waals surface area contributed by atoms with Gasteiger partial charge >= 0.3 is 6.03 Å². The van der Waals surface area contributed by atoms with Crippen LogP contribution in [0.25, 0.3) is 0 Å². The van der Waals surface area contributed by atoms with E-state index in [2.05, 4.69) is 63.2 Å². The Bertz CT molecular complexity index is 1070. The summed E-state index contributed by atoms with van der Waals surface area (Å²) < 4.78 is 0. The number of benzene rings is 2. The van der Waals surface area contributed by atoms with Gasteiger partial charge in [-0.2, -0.15) is 0 Å². The molecule has 2 atom stereocenters. The van der Waals surface area contributed by atoms with Gasteiger partial charge in [0.1, 0.15) is 0 Å². The number of hydrogen-bond donors (Lipinski definition) is 0. The number of aryl methyl sites for hydroxylation is 1. The van der Waals surface area contributed by atoms with Gasteiger partial charge in [0.25, 0.3) is 5.91 Å². The number of carbonyl (C=O) groups is 2. The average molecular weight is 475 g/mol. The molecule has 2 fully saturated rings. The minimum Gasteiger partial charge on any atom is -0.340 e. The quantitative estimate of drug-likeness (QED) is 0.643. The number of piperazine rings is 1. The number of rotatable bonds is 6. The summed E-state index contributed by atoms with van der Waals surface area (Å²) in [6.07, 6.45) is 1.38. The van der Waals surface area contributed by atoms with Crippen molar-refractivity contribution < 1.29 is 9.59 Å². The molecule has 8 heteroatoms. The zero-order valence-electron chi connectivity index (χ0n) is 20.6. The molecule has 0 aliphatic carbocycles. The van der Waals surface area contributed by atoms with Crippen molar-refractivity contribution in [1.29, 1.82) is 0 Å². The Morgan fingerprint density at radius 2 is 1.49 bits per heavy atom. The molecular weight excluding hydrogens is 440 g/mol. The zero-order chi connectivity index (χ0) is 24.4. The fourth-order valence-electron chi connectivity index (χ4n) is 5.30. The Labute approximate surface area is 207 Å². The summed E-state index contributed by atoms with van der Waals surface area (Å²) >= 11 is 0. The van der Waals surface area contributed by atoms with Crippen LogP contribution >= 0.6 is 0 Å². The van der Waals surface area contributed by atoms with Gasteiger partial charge in [0, 0.05) is 53.4 Å². The van der Waals surface area contributed by atoms with E-state index in [1.54, 1.807) is 19.0 Å². The number of likely N-dealkylation sites (N-methyl/N-ethyl adjacent to an activating group) is 2. The Morgan fingerprint density at radius 3 is 2.14 bits per heavy atom. The van der Waals surface area contributed by atoms with E-state index in [0.717, 1.165) is 58.1 Å². The van der Waals surface area contributed by atoms with Crippen molar-refractivity contribution in [3.63, 3.8) is 0 Å². The highest BCUT2D eigenvalue weighted by atomic mass is 16.2. The van der Waals surface area contributed by atoms with Crippen molar-refractivity contribution in [1.82, 2.24) is 24.5 Å². The molecule has 2 saturated heterocycles. The molecule has 35 heavy (non-hydrogen) atoms. The van der Waals surface area contributed by atoms with Crippen molar-refractivity contribution in [2.45, 2.75) is 31.6 Å². The van der Waals surface area contributed by atoms with Crippen LogP contribution in [-0.2, 0) is 17.8 Å². The van der Waals surface area contributed by atoms with Gasteiger partial charge in [0.05, 0.1) is 0 Å². The fraction of sp³-hybridized carbons (Fsp3) is 0.444. The van der Waals surface area contributed by atoms with Crippen molar-refractivity contribution in [3.05, 3.63) is 71.8 Å². The van der Waals surface area contributed by atoms with E-state index in [0.29, 0.717) is 0 Å². The lowest BCUT2D eigenvalue weighted by Crippen LogP contribution is -2.65. The van der Waals surface area contributed by atoms with Crippen LogP contribution in [0, 0.1) is 0 Å². The standard InChI is InChI=1S/C27H34N6O2/c1-29-24-23(25(34)30(2)27(29)35)33(15-9-14-21-10-5-3-6-11-21)26(28-24)32-18-16-31(17-19-32)20-22-12-7-4-8-13-22/h3-8,10-13,23-24H,9,14-20H2,1-2H3. The van der Waals surface area contributed by atoms with Crippen LogP contribution in [0.2, 0.25) is 0 Å². The molecule has 2 aromatic carbocycles. The Balaban J connectivity index is 1.30. The molecule has 3 heterocycles. The second-order valence-corrected chi connectivity index (χ2v) is 9.61. The number of amides is 3. The highest BCUT2D eigenvalue weighted by Crippen LogP contribution is 2.29. The highest BCUT2D eigenvalue weighted by molar-refractivity contribution is 6.03. The minimum absolute atomic E-state index is 0.167. The topological polar surface area (TPSA) is 62.7 Å². The van der Waals surface area contributed by atoms with Crippen LogP contribution in [-0.4, -0.2) is 101 Å². The van der Waals surface area contributed by atoms with Gasteiger partial charge in [0.2, 0.25) is 0 Å². The monoisotopic (exact) mass is 474 g/mol. The Kier molecular flexibility index (Phi) is 6.72. The number of urea groups is 1. The number of carbonyl (C=O) groups excluding carboxylic acids is 2. The molecule has 3 aliphatic rings. The summed E-state index contributed by atoms with van der Waals surface area (Å²) in [5, 5.41) is 0. The predicted molar refractivity (Wildman–Crippen MR) is 136 cm³/mol. The number of nitrogens with zero attached hydrogens (tertiary/aromatic N) is 6. The number of guanidine groups is 1. The fourth-order valence-corrected chi connectivity index (χ4v) is 5.30. The molecule has 0 aromatic heterocycles. The second kappa shape index (κ2) is 10.1. The van der Waals surface area contributed by atoms with E-state index in [4.69, 9.17) is 4.99 Å². The van der Waals surface area contributed by atoms with E-state index in [1.165, 1.54) is 16.0 Å². The van der Waals surface area contributed by atoms with Crippen molar-refractivity contribution >= 4 is 17.9 Å². The number of fused-ring (bicyclic) bond motifs is 1. The van der Waals surface area contributed by atoms with Crippen molar-refractivity contribution in [2.24, 2.45) is 4.99 Å². The lowest BCUT2D eigenvalue weighted by atomic mass is 10.1. The number of aliphatic imine (C=N–C) groups is 1. The first-order valence-electron chi connectivity index (χ1n) is 12.5. The Morgan fingerprint density at radius 1 is 0.857 bits per heavy atom. The summed E-state index contributed by atoms with van der Waals surface area (Å²) in [5.74, 6) is 0.690. The third-order valence-electron chi connectivity index (χ3n) is 7.30. The summed E-state index contributed by atoms with van der Waals surface area (Å²) in [6.45, 7) is 5.23. The maximum Gasteiger partial charge on any atom is 0.328 e. The lowest BCUT2D eigenvalue weighted by Gasteiger charge is -2.42. The van der Waals surface area contributed by atoms with Gasteiger partial charge in [-0.1, -0.05) is 60.7 Å². The molecule has 0 radical (unpaired) electrons. The molecule has 3 amide bonds. The van der Waals surface area contributed by atoms with Crippen molar-refractivity contribution in [2.75, 3.05) is 46.8 Å². The maximum atomic E-state index is 13.2. The second-order valence-electron chi connectivity index (χ2n) is 9.61. The van der Waals surface area contributed by atoms with E-state index >= 15 is 0 Å². The summed E-state index contributed by atoms with van der Waals surface area (Å²) in [7, 11) is 3.31. The molecule has 8 nitrogen and oxygen atoms in total. The largest absolute Gasteiger partial charge is 0.340 e. The van der Waals surface area contributed by atoms with Gasteiger partial charge < -0.3 is 14.7 Å². The molecule has 5 rings (SSSR count). The predicted octanol–water partition coefficient (Wildman–Crippen LogP) is 2.33. The first-order chi connectivity index (χ1) is 17.0. The third-order valence-corrected chi connectivity index (χ3v) is 7.30. The van der Waals surface area contributed by atoms with Crippen LogP contribution in [0.1, 0.15) is 17.5 Å². The van der Waals surface area contributed by atoms with Crippen LogP contribution in [0.5, 0.6) is 0 Å². The minimum atomic E-state index is -0.472. The molecule has 0 N–H and O–H groups in total. The van der Waals surface area contributed by atoms with E-state index < -0.39 is 12.2 Å². The summed E-state index contributed by atoms with van der Waals surface area (Å²) in [6, 6.07) is 20.2. The molecular formula is C27H34N6O2. The van der Waals surface area contributed by atoms with Crippen LogP contribution in [0.15, 0.2) is 65.7 Å². The molecule has 2 aromatic rings. The summed E-state index contributed by atoms with van der Waals surface area (Å²) in [5.41, 5.74) is 2.61. The zero-order valence-corrected chi connectivity index (χ0v) is 20.6. The van der Waals surface area contributed by atoms with Crippen LogP contribution in [0.4, 0.5) is 4.79 Å². The van der Waals surface area contributed by atoms with Gasteiger partial charge in [-0.25, -0.2) is 9.79 Å². The van der Waals surface area contributed by atoms with Crippen LogP contribution in [0.3, 0.4) is 0 Å². The van der Waals surface area contributed by atoms with E-state index in [9.17, 15) is 9.59 Å². The third kappa shape index (κ3) is 4.75. The Hall–Kier alpha value is -3.39. The molecule has 3 aliphatic heterocycles. The molecule has 0 spiro atoms. The van der Waals surface area contributed by atoms with Gasteiger partial charge in [-0.05, 0) is 24.0 Å². The van der Waals surface area contributed by atoms with Gasteiger partial charge in [-0.15, -0.1) is 0 Å². The lowest BCUT2D eigenvalue weighted by molar-refractivity contribution is -0.136. The molecule has 184 valence electrons. The van der Waals surface area contributed by atoms with Gasteiger partial charge in [0.15, 0.2) is 18.2 Å². The molecule has 0 bridgehead atoms. The average Bonchev–Trinajstić information content (AvgIpc) is 3.27. The van der Waals surface area contributed by atoms with E-state index in [1.807, 2.05) is 12.1 Å². The highest BCUT2D eigenvalue weighted by Gasteiger charge is 2.51. The SMILES string of the molecule is CN1C(=O)C2C(N=C(N3CCN(Cc4ccccc4)CC3)N2CCCc2ccccc2)N(C)C1=O. The number of imide groups is 1. The first-order valence-corrected chi connectivity index (χ1v) is 12.5. The molecule has 0 saturated carbocycles.